The van der Waals surface area contributed by atoms with Crippen molar-refractivity contribution < 1.29 is 8.42 Å². The number of hydrogen-bond donors (Lipinski definition) is 0. The zero-order valence-electron chi connectivity index (χ0n) is 12.5. The van der Waals surface area contributed by atoms with E-state index in [4.69, 9.17) is 11.6 Å². The van der Waals surface area contributed by atoms with Crippen LogP contribution in [0.15, 0.2) is 18.5 Å². The molecular weight excluding hydrogens is 324 g/mol. The number of halogens is 1. The van der Waals surface area contributed by atoms with E-state index in [9.17, 15) is 8.42 Å². The molecule has 0 bridgehead atoms. The third-order valence-corrected chi connectivity index (χ3v) is 6.68. The number of nitrogens with zero attached hydrogens (tertiary/aromatic N) is 4. The molecule has 2 aliphatic rings. The number of piperazine rings is 1. The van der Waals surface area contributed by atoms with Gasteiger partial charge in [0.2, 0.25) is 0 Å². The molecule has 1 aromatic heterocycles. The number of pyridine rings is 1. The predicted octanol–water partition coefficient (Wildman–Crippen LogP) is 1.19. The van der Waals surface area contributed by atoms with Crippen LogP contribution < -0.4 is 0 Å². The van der Waals surface area contributed by atoms with E-state index < -0.39 is 10.2 Å². The van der Waals surface area contributed by atoms with Gasteiger partial charge in [0, 0.05) is 58.2 Å². The van der Waals surface area contributed by atoms with Gasteiger partial charge in [-0.2, -0.15) is 17.0 Å². The maximum atomic E-state index is 12.5. The Morgan fingerprint density at radius 2 is 1.68 bits per heavy atom. The highest BCUT2D eigenvalue weighted by atomic mass is 35.5. The van der Waals surface area contributed by atoms with E-state index in [2.05, 4.69) is 9.88 Å². The van der Waals surface area contributed by atoms with Crippen molar-refractivity contribution in [2.24, 2.45) is 0 Å². The number of hydrogen-bond acceptors (Lipinski definition) is 4. The molecule has 3 heterocycles. The standard InChI is InChI=1S/C14H21ClN4O2S/c15-14-11-16-4-3-13(14)12-17-7-9-19(10-8-17)22(20,21)18-5-1-2-6-18/h3-4,11H,1-2,5-10,12H2. The van der Waals surface area contributed by atoms with Crippen LogP contribution in [0.25, 0.3) is 0 Å². The molecule has 0 N–H and O–H groups in total. The molecule has 0 amide bonds. The van der Waals surface area contributed by atoms with Gasteiger partial charge in [-0.3, -0.25) is 9.88 Å². The second-order valence-corrected chi connectivity index (χ2v) is 8.09. The summed E-state index contributed by atoms with van der Waals surface area (Å²) in [6.45, 7) is 4.60. The molecule has 122 valence electrons. The average molecular weight is 345 g/mol. The molecule has 0 saturated carbocycles. The van der Waals surface area contributed by atoms with Gasteiger partial charge in [0.05, 0.1) is 5.02 Å². The summed E-state index contributed by atoms with van der Waals surface area (Å²) < 4.78 is 28.2. The lowest BCUT2D eigenvalue weighted by atomic mass is 10.2. The van der Waals surface area contributed by atoms with Gasteiger partial charge in [-0.1, -0.05) is 11.6 Å². The van der Waals surface area contributed by atoms with Crippen molar-refractivity contribution >= 4 is 21.8 Å². The third-order valence-electron chi connectivity index (χ3n) is 4.30. The normalized spacial score (nSPS) is 22.2. The monoisotopic (exact) mass is 344 g/mol. The molecule has 8 heteroatoms. The summed E-state index contributed by atoms with van der Waals surface area (Å²) in [5.74, 6) is 0. The summed E-state index contributed by atoms with van der Waals surface area (Å²) in [6.07, 6.45) is 5.32. The molecule has 0 atom stereocenters. The number of rotatable bonds is 4. The quantitative estimate of drug-likeness (QED) is 0.823. The lowest BCUT2D eigenvalue weighted by molar-refractivity contribution is 0.176. The van der Waals surface area contributed by atoms with Crippen LogP contribution >= 0.6 is 11.6 Å². The molecule has 6 nitrogen and oxygen atoms in total. The highest BCUT2D eigenvalue weighted by Gasteiger charge is 2.33. The largest absolute Gasteiger partial charge is 0.296 e. The first kappa shape index (κ1) is 16.1. The topological polar surface area (TPSA) is 56.8 Å². The smallest absolute Gasteiger partial charge is 0.282 e. The molecule has 1 aromatic rings. The third kappa shape index (κ3) is 3.44. The summed E-state index contributed by atoms with van der Waals surface area (Å²) in [5, 5.41) is 0.662. The molecule has 22 heavy (non-hydrogen) atoms. The van der Waals surface area contributed by atoms with Crippen LogP contribution in [-0.2, 0) is 16.8 Å². The Bertz CT molecular complexity index is 611. The van der Waals surface area contributed by atoms with Gasteiger partial charge in [0.25, 0.3) is 10.2 Å². The Morgan fingerprint density at radius 3 is 2.32 bits per heavy atom. The summed E-state index contributed by atoms with van der Waals surface area (Å²) in [4.78, 5) is 6.22. The highest BCUT2D eigenvalue weighted by molar-refractivity contribution is 7.86. The highest BCUT2D eigenvalue weighted by Crippen LogP contribution is 2.20. The fraction of sp³-hybridized carbons (Fsp3) is 0.643. The first-order chi connectivity index (χ1) is 10.6. The molecule has 2 aliphatic heterocycles. The van der Waals surface area contributed by atoms with Crippen LogP contribution in [-0.4, -0.2) is 66.2 Å². The van der Waals surface area contributed by atoms with E-state index in [0.29, 0.717) is 31.2 Å². The molecule has 2 saturated heterocycles. The summed E-state index contributed by atoms with van der Waals surface area (Å²) in [5.41, 5.74) is 1.03. The lowest BCUT2D eigenvalue weighted by Gasteiger charge is -2.35. The zero-order valence-corrected chi connectivity index (χ0v) is 14.1. The molecule has 0 aromatic carbocycles. The Kier molecular flexibility index (Phi) is 4.99. The molecular formula is C14H21ClN4O2S. The van der Waals surface area contributed by atoms with Crippen LogP contribution in [0.2, 0.25) is 5.02 Å². The minimum Gasteiger partial charge on any atom is -0.296 e. The fourth-order valence-corrected chi connectivity index (χ4v) is 4.82. The van der Waals surface area contributed by atoms with E-state index in [1.54, 1.807) is 21.0 Å². The van der Waals surface area contributed by atoms with Gasteiger partial charge in [-0.25, -0.2) is 0 Å². The molecule has 2 fully saturated rings. The first-order valence-corrected chi connectivity index (χ1v) is 9.41. The second kappa shape index (κ2) is 6.80. The minimum atomic E-state index is -3.26. The van der Waals surface area contributed by atoms with Crippen LogP contribution in [0.3, 0.4) is 0 Å². The first-order valence-electron chi connectivity index (χ1n) is 7.63. The summed E-state index contributed by atoms with van der Waals surface area (Å²) in [7, 11) is -3.26. The second-order valence-electron chi connectivity index (χ2n) is 5.76. The molecule has 0 aliphatic carbocycles. The Hall–Kier alpha value is -0.730. The van der Waals surface area contributed by atoms with E-state index >= 15 is 0 Å². The summed E-state index contributed by atoms with van der Waals surface area (Å²) in [6, 6.07) is 1.91. The molecule has 3 rings (SSSR count). The predicted molar refractivity (Wildman–Crippen MR) is 85.8 cm³/mol. The van der Waals surface area contributed by atoms with E-state index in [1.165, 1.54) is 0 Å². The van der Waals surface area contributed by atoms with Crippen LogP contribution in [0.1, 0.15) is 18.4 Å². The average Bonchev–Trinajstić information content (AvgIpc) is 3.05. The maximum absolute atomic E-state index is 12.5. The lowest BCUT2D eigenvalue weighted by Crippen LogP contribution is -2.52. The van der Waals surface area contributed by atoms with Gasteiger partial charge in [-0.15, -0.1) is 0 Å². The van der Waals surface area contributed by atoms with E-state index in [1.807, 2.05) is 6.07 Å². The minimum absolute atomic E-state index is 0.543. The Labute approximate surface area is 136 Å². The van der Waals surface area contributed by atoms with Crippen molar-refractivity contribution in [1.29, 1.82) is 0 Å². The fourth-order valence-electron chi connectivity index (χ4n) is 2.97. The SMILES string of the molecule is O=S(=O)(N1CCCC1)N1CCN(Cc2ccncc2Cl)CC1. The van der Waals surface area contributed by atoms with Crippen LogP contribution in [0.4, 0.5) is 0 Å². The van der Waals surface area contributed by atoms with Gasteiger partial charge >= 0.3 is 0 Å². The van der Waals surface area contributed by atoms with Gasteiger partial charge in [-0.05, 0) is 24.5 Å². The van der Waals surface area contributed by atoms with Crippen LogP contribution in [0.5, 0.6) is 0 Å². The zero-order chi connectivity index (χ0) is 15.6. The van der Waals surface area contributed by atoms with Crippen molar-refractivity contribution in [3.63, 3.8) is 0 Å². The summed E-state index contributed by atoms with van der Waals surface area (Å²) >= 11 is 6.13. The van der Waals surface area contributed by atoms with Crippen molar-refractivity contribution in [3.8, 4) is 0 Å². The van der Waals surface area contributed by atoms with Crippen molar-refractivity contribution in [2.75, 3.05) is 39.3 Å². The van der Waals surface area contributed by atoms with E-state index in [-0.39, 0.29) is 0 Å². The number of aromatic nitrogens is 1. The maximum Gasteiger partial charge on any atom is 0.282 e. The van der Waals surface area contributed by atoms with Crippen molar-refractivity contribution in [2.45, 2.75) is 19.4 Å². The van der Waals surface area contributed by atoms with Gasteiger partial charge in [0.15, 0.2) is 0 Å². The molecule has 0 spiro atoms. The molecule has 0 unspecified atom stereocenters. The van der Waals surface area contributed by atoms with Crippen LogP contribution in [0, 0.1) is 0 Å². The Balaban J connectivity index is 1.57. The molecule has 0 radical (unpaired) electrons. The van der Waals surface area contributed by atoms with Gasteiger partial charge in [0.1, 0.15) is 0 Å². The van der Waals surface area contributed by atoms with Gasteiger partial charge < -0.3 is 0 Å². The Morgan fingerprint density at radius 1 is 1.05 bits per heavy atom. The van der Waals surface area contributed by atoms with Crippen molar-refractivity contribution in [3.05, 3.63) is 29.0 Å². The van der Waals surface area contributed by atoms with E-state index in [0.717, 1.165) is 38.0 Å². The van der Waals surface area contributed by atoms with Crippen molar-refractivity contribution in [1.82, 2.24) is 18.5 Å².